The van der Waals surface area contributed by atoms with Crippen molar-refractivity contribution in [2.24, 2.45) is 0 Å². The number of esters is 1. The Bertz CT molecular complexity index is 1260. The van der Waals surface area contributed by atoms with E-state index >= 15 is 0 Å². The molecule has 0 saturated heterocycles. The third-order valence-electron chi connectivity index (χ3n) is 4.07. The Morgan fingerprint density at radius 1 is 1.27 bits per heavy atom. The number of carbonyl (C=O) groups is 2. The molecule has 11 heteroatoms. The van der Waals surface area contributed by atoms with Crippen LogP contribution < -0.4 is 10.9 Å². The van der Waals surface area contributed by atoms with E-state index in [0.717, 1.165) is 11.8 Å². The second-order valence-corrected chi connectivity index (χ2v) is 6.99. The zero-order valence-corrected chi connectivity index (χ0v) is 16.4. The first-order valence-corrected chi connectivity index (χ1v) is 9.67. The molecule has 0 saturated carbocycles. The number of rotatable bonds is 6. The van der Waals surface area contributed by atoms with E-state index in [9.17, 15) is 14.4 Å². The van der Waals surface area contributed by atoms with Crippen molar-refractivity contribution in [2.75, 3.05) is 18.2 Å². The molecule has 4 aromatic rings. The third kappa shape index (κ3) is 3.96. The van der Waals surface area contributed by atoms with Gasteiger partial charge in [0.1, 0.15) is 11.2 Å². The van der Waals surface area contributed by atoms with E-state index in [2.05, 4.69) is 25.3 Å². The van der Waals surface area contributed by atoms with Crippen molar-refractivity contribution in [3.63, 3.8) is 0 Å². The molecule has 0 fully saturated rings. The SMILES string of the molecule is COC(=O)c1ccc(NC(=O)CSc2n[nH]c(=O)c3cc(-c4ccco4)nn23)cc1. The average molecular weight is 425 g/mol. The maximum absolute atomic E-state index is 12.3. The van der Waals surface area contributed by atoms with E-state index in [1.807, 2.05) is 0 Å². The van der Waals surface area contributed by atoms with Crippen LogP contribution in [-0.4, -0.2) is 44.6 Å². The van der Waals surface area contributed by atoms with E-state index in [1.54, 1.807) is 42.5 Å². The number of carbonyl (C=O) groups excluding carboxylic acids is 2. The molecular weight excluding hydrogens is 410 g/mol. The van der Waals surface area contributed by atoms with Crippen molar-refractivity contribution in [1.29, 1.82) is 0 Å². The van der Waals surface area contributed by atoms with Crippen LogP contribution in [0.2, 0.25) is 0 Å². The molecule has 3 aromatic heterocycles. The van der Waals surface area contributed by atoms with Crippen LogP contribution >= 0.6 is 11.8 Å². The summed E-state index contributed by atoms with van der Waals surface area (Å²) in [6.45, 7) is 0. The van der Waals surface area contributed by atoms with Crippen molar-refractivity contribution in [3.8, 4) is 11.5 Å². The molecular formula is C19H15N5O5S. The smallest absolute Gasteiger partial charge is 0.337 e. The molecule has 4 rings (SSSR count). The van der Waals surface area contributed by atoms with Gasteiger partial charge in [-0.3, -0.25) is 9.59 Å². The fourth-order valence-corrected chi connectivity index (χ4v) is 3.37. The molecule has 3 heterocycles. The van der Waals surface area contributed by atoms with Crippen LogP contribution in [-0.2, 0) is 9.53 Å². The zero-order valence-electron chi connectivity index (χ0n) is 15.6. The monoisotopic (exact) mass is 425 g/mol. The minimum absolute atomic E-state index is 0.0306. The Hall–Kier alpha value is -3.86. The summed E-state index contributed by atoms with van der Waals surface area (Å²) >= 11 is 1.11. The van der Waals surface area contributed by atoms with Crippen LogP contribution in [0.1, 0.15) is 10.4 Å². The first-order valence-electron chi connectivity index (χ1n) is 8.68. The summed E-state index contributed by atoms with van der Waals surface area (Å²) < 4.78 is 11.3. The van der Waals surface area contributed by atoms with Gasteiger partial charge in [0.15, 0.2) is 5.76 Å². The number of hydrogen-bond donors (Lipinski definition) is 2. The topological polar surface area (TPSA) is 132 Å². The number of benzene rings is 1. The lowest BCUT2D eigenvalue weighted by Gasteiger charge is -2.06. The minimum atomic E-state index is -0.454. The molecule has 10 nitrogen and oxygen atoms in total. The van der Waals surface area contributed by atoms with Crippen LogP contribution in [0.5, 0.6) is 0 Å². The second-order valence-electron chi connectivity index (χ2n) is 6.05. The van der Waals surface area contributed by atoms with Crippen LogP contribution in [0.3, 0.4) is 0 Å². The number of H-pyrrole nitrogens is 1. The van der Waals surface area contributed by atoms with Gasteiger partial charge >= 0.3 is 5.97 Å². The number of nitrogens with one attached hydrogen (secondary N) is 2. The normalized spacial score (nSPS) is 10.8. The van der Waals surface area contributed by atoms with Gasteiger partial charge in [0, 0.05) is 11.8 Å². The molecule has 152 valence electrons. The summed E-state index contributed by atoms with van der Waals surface area (Å²) in [6.07, 6.45) is 1.51. The van der Waals surface area contributed by atoms with Crippen molar-refractivity contribution in [2.45, 2.75) is 5.16 Å². The lowest BCUT2D eigenvalue weighted by atomic mass is 10.2. The molecule has 2 N–H and O–H groups in total. The number of anilines is 1. The summed E-state index contributed by atoms with van der Waals surface area (Å²) in [5.41, 5.74) is 1.29. The van der Waals surface area contributed by atoms with Gasteiger partial charge in [-0.25, -0.2) is 14.4 Å². The Kier molecular flexibility index (Phi) is 5.35. The van der Waals surface area contributed by atoms with E-state index in [0.29, 0.717) is 27.9 Å². The highest BCUT2D eigenvalue weighted by Crippen LogP contribution is 2.22. The number of methoxy groups -OCH3 is 1. The Morgan fingerprint density at radius 3 is 2.77 bits per heavy atom. The highest BCUT2D eigenvalue weighted by atomic mass is 32.2. The van der Waals surface area contributed by atoms with Gasteiger partial charge in [0.05, 0.1) is 24.7 Å². The largest absolute Gasteiger partial charge is 0.465 e. The van der Waals surface area contributed by atoms with E-state index in [-0.39, 0.29) is 17.2 Å². The number of furan rings is 1. The summed E-state index contributed by atoms with van der Waals surface area (Å²) in [7, 11) is 1.30. The standard InChI is InChI=1S/C19H15N5O5S/c1-28-18(27)11-4-6-12(7-5-11)20-16(25)10-30-19-22-21-17(26)14-9-13(23-24(14)19)15-3-2-8-29-15/h2-9H,10H2,1H3,(H,20,25)(H,21,26). The molecule has 1 aromatic carbocycles. The number of aromatic nitrogens is 4. The van der Waals surface area contributed by atoms with E-state index in [1.165, 1.54) is 17.9 Å². The first kappa shape index (κ1) is 19.5. The fraction of sp³-hybridized carbons (Fsp3) is 0.105. The molecule has 0 radical (unpaired) electrons. The fourth-order valence-electron chi connectivity index (χ4n) is 2.66. The average Bonchev–Trinajstić information content (AvgIpc) is 3.43. The Balaban J connectivity index is 1.47. The molecule has 0 spiro atoms. The van der Waals surface area contributed by atoms with Crippen molar-refractivity contribution in [3.05, 3.63) is 64.6 Å². The maximum atomic E-state index is 12.3. The van der Waals surface area contributed by atoms with Crippen LogP contribution in [0, 0.1) is 0 Å². The highest BCUT2D eigenvalue weighted by Gasteiger charge is 2.15. The van der Waals surface area contributed by atoms with Gasteiger partial charge in [0.2, 0.25) is 11.1 Å². The summed E-state index contributed by atoms with van der Waals surface area (Å²) in [4.78, 5) is 35.8. The number of aromatic amines is 1. The number of amides is 1. The molecule has 0 aliphatic rings. The minimum Gasteiger partial charge on any atom is -0.465 e. The number of nitrogens with zero attached hydrogens (tertiary/aromatic N) is 3. The quantitative estimate of drug-likeness (QED) is 0.355. The van der Waals surface area contributed by atoms with Gasteiger partial charge in [-0.1, -0.05) is 11.8 Å². The molecule has 0 unspecified atom stereocenters. The first-order chi connectivity index (χ1) is 14.5. The maximum Gasteiger partial charge on any atom is 0.337 e. The van der Waals surface area contributed by atoms with Gasteiger partial charge in [-0.05, 0) is 36.4 Å². The number of fused-ring (bicyclic) bond motifs is 1. The molecule has 1 amide bonds. The molecule has 0 atom stereocenters. The van der Waals surface area contributed by atoms with Crippen LogP contribution in [0.25, 0.3) is 17.0 Å². The molecule has 0 bridgehead atoms. The Morgan fingerprint density at radius 2 is 2.07 bits per heavy atom. The third-order valence-corrected chi connectivity index (χ3v) is 5.00. The molecule has 0 aliphatic heterocycles. The van der Waals surface area contributed by atoms with Crippen LogP contribution in [0.15, 0.2) is 63.1 Å². The number of thioether (sulfide) groups is 1. The highest BCUT2D eigenvalue weighted by molar-refractivity contribution is 7.99. The lowest BCUT2D eigenvalue weighted by Crippen LogP contribution is -2.17. The Labute approximate surface area is 173 Å². The molecule has 0 aliphatic carbocycles. The van der Waals surface area contributed by atoms with Crippen molar-refractivity contribution >= 4 is 34.8 Å². The summed E-state index contributed by atoms with van der Waals surface area (Å²) in [6, 6.07) is 11.4. The van der Waals surface area contributed by atoms with Gasteiger partial charge in [-0.2, -0.15) is 5.10 Å². The van der Waals surface area contributed by atoms with Gasteiger partial charge < -0.3 is 14.5 Å². The van der Waals surface area contributed by atoms with Gasteiger partial charge in [0.25, 0.3) is 5.56 Å². The van der Waals surface area contributed by atoms with Crippen molar-refractivity contribution in [1.82, 2.24) is 19.8 Å². The number of hydrogen-bond acceptors (Lipinski definition) is 8. The van der Waals surface area contributed by atoms with E-state index < -0.39 is 11.5 Å². The number of ether oxygens (including phenoxy) is 1. The summed E-state index contributed by atoms with van der Waals surface area (Å²) in [5.74, 6) is -0.194. The van der Waals surface area contributed by atoms with Gasteiger partial charge in [-0.15, -0.1) is 5.10 Å². The lowest BCUT2D eigenvalue weighted by molar-refractivity contribution is -0.113. The van der Waals surface area contributed by atoms with E-state index in [4.69, 9.17) is 4.42 Å². The van der Waals surface area contributed by atoms with Crippen molar-refractivity contribution < 1.29 is 18.7 Å². The predicted octanol–water partition coefficient (Wildman–Crippen LogP) is 2.19. The zero-order chi connectivity index (χ0) is 21.1. The molecule has 30 heavy (non-hydrogen) atoms. The second kappa shape index (κ2) is 8.25. The predicted molar refractivity (Wildman–Crippen MR) is 108 cm³/mol. The van der Waals surface area contributed by atoms with Crippen LogP contribution in [0.4, 0.5) is 5.69 Å². The summed E-state index contributed by atoms with van der Waals surface area (Å²) in [5, 5.41) is 13.8.